The van der Waals surface area contributed by atoms with Gasteiger partial charge in [-0.15, -0.1) is 0 Å². The Morgan fingerprint density at radius 2 is 1.92 bits per heavy atom. The van der Waals surface area contributed by atoms with Gasteiger partial charge in [0.25, 0.3) is 0 Å². The summed E-state index contributed by atoms with van der Waals surface area (Å²) in [6, 6.07) is 0.642. The molecule has 2 heteroatoms. The van der Waals surface area contributed by atoms with E-state index in [2.05, 4.69) is 24.1 Å². The lowest BCUT2D eigenvalue weighted by atomic mass is 10.3. The zero-order valence-electron chi connectivity index (χ0n) is 8.47. The molecule has 2 nitrogen and oxygen atoms in total. The minimum atomic E-state index is 0.642. The summed E-state index contributed by atoms with van der Waals surface area (Å²) in [5, 5.41) is 3.44. The molecule has 1 heterocycles. The molecular formula is C10H22N2. The molecule has 0 aliphatic carbocycles. The van der Waals surface area contributed by atoms with Crippen LogP contribution in [0.2, 0.25) is 0 Å². The van der Waals surface area contributed by atoms with E-state index in [1.807, 2.05) is 0 Å². The largest absolute Gasteiger partial charge is 0.314 e. The Kier molecular flexibility index (Phi) is 4.62. The summed E-state index contributed by atoms with van der Waals surface area (Å²) in [5.74, 6) is 0. The molecule has 0 spiro atoms. The number of nitrogens with one attached hydrogen (secondary N) is 1. The Balaban J connectivity index is 1.88. The van der Waals surface area contributed by atoms with Crippen LogP contribution < -0.4 is 5.32 Å². The van der Waals surface area contributed by atoms with Crippen LogP contribution in [0.25, 0.3) is 0 Å². The minimum Gasteiger partial charge on any atom is -0.314 e. The van der Waals surface area contributed by atoms with Gasteiger partial charge in [-0.2, -0.15) is 0 Å². The van der Waals surface area contributed by atoms with Gasteiger partial charge in [0.2, 0.25) is 0 Å². The van der Waals surface area contributed by atoms with Gasteiger partial charge in [0, 0.05) is 6.04 Å². The third-order valence-corrected chi connectivity index (χ3v) is 2.40. The zero-order valence-corrected chi connectivity index (χ0v) is 8.47. The third kappa shape index (κ3) is 4.07. The molecule has 0 unspecified atom stereocenters. The van der Waals surface area contributed by atoms with Crippen LogP contribution in [0.4, 0.5) is 0 Å². The van der Waals surface area contributed by atoms with E-state index < -0.39 is 0 Å². The predicted molar refractivity (Wildman–Crippen MR) is 53.4 cm³/mol. The highest BCUT2D eigenvalue weighted by Gasteiger charge is 2.09. The molecule has 0 aromatic rings. The molecule has 1 N–H and O–H groups in total. The fraction of sp³-hybridized carbons (Fsp3) is 1.00. The number of likely N-dealkylation sites (tertiary alicyclic amines) is 1. The molecule has 1 rings (SSSR count). The third-order valence-electron chi connectivity index (χ3n) is 2.40. The second-order valence-corrected chi connectivity index (χ2v) is 4.01. The summed E-state index contributed by atoms with van der Waals surface area (Å²) in [6.07, 6.45) is 4.13. The first-order valence-corrected chi connectivity index (χ1v) is 5.25. The predicted octanol–water partition coefficient (Wildman–Crippen LogP) is 1.47. The topological polar surface area (TPSA) is 15.3 Å². The maximum absolute atomic E-state index is 3.44. The molecule has 1 aliphatic rings. The number of rotatable bonds is 5. The smallest absolute Gasteiger partial charge is 0.00103 e. The van der Waals surface area contributed by atoms with Gasteiger partial charge in [0.05, 0.1) is 0 Å². The Bertz CT molecular complexity index is 106. The van der Waals surface area contributed by atoms with E-state index in [1.165, 1.54) is 45.4 Å². The van der Waals surface area contributed by atoms with Crippen LogP contribution in [-0.4, -0.2) is 37.1 Å². The molecule has 1 aliphatic heterocycles. The minimum absolute atomic E-state index is 0.642. The van der Waals surface area contributed by atoms with Crippen molar-refractivity contribution in [2.45, 2.75) is 39.2 Å². The Labute approximate surface area is 76.3 Å². The first-order chi connectivity index (χ1) is 5.79. The van der Waals surface area contributed by atoms with Crippen molar-refractivity contribution in [3.63, 3.8) is 0 Å². The molecule has 0 aromatic carbocycles. The van der Waals surface area contributed by atoms with Crippen LogP contribution in [0.3, 0.4) is 0 Å². The highest BCUT2D eigenvalue weighted by molar-refractivity contribution is 4.66. The summed E-state index contributed by atoms with van der Waals surface area (Å²) < 4.78 is 0. The van der Waals surface area contributed by atoms with Crippen molar-refractivity contribution in [1.29, 1.82) is 0 Å². The SMILES string of the molecule is CC(C)NCCCN1CCCC1. The monoisotopic (exact) mass is 170 g/mol. The summed E-state index contributed by atoms with van der Waals surface area (Å²) in [4.78, 5) is 2.57. The van der Waals surface area contributed by atoms with Crippen molar-refractivity contribution in [3.8, 4) is 0 Å². The molecule has 0 aromatic heterocycles. The Morgan fingerprint density at radius 3 is 2.50 bits per heavy atom. The lowest BCUT2D eigenvalue weighted by Gasteiger charge is -2.15. The van der Waals surface area contributed by atoms with Gasteiger partial charge in [0.15, 0.2) is 0 Å². The molecule has 0 saturated carbocycles. The van der Waals surface area contributed by atoms with Crippen molar-refractivity contribution in [2.75, 3.05) is 26.2 Å². The number of hydrogen-bond acceptors (Lipinski definition) is 2. The Morgan fingerprint density at radius 1 is 1.25 bits per heavy atom. The second kappa shape index (κ2) is 5.55. The quantitative estimate of drug-likeness (QED) is 0.629. The van der Waals surface area contributed by atoms with E-state index in [0.29, 0.717) is 6.04 Å². The maximum atomic E-state index is 3.44. The van der Waals surface area contributed by atoms with Crippen LogP contribution in [0, 0.1) is 0 Å². The van der Waals surface area contributed by atoms with Gasteiger partial charge in [-0.05, 0) is 45.4 Å². The van der Waals surface area contributed by atoms with Gasteiger partial charge < -0.3 is 10.2 Å². The van der Waals surface area contributed by atoms with E-state index in [1.54, 1.807) is 0 Å². The first-order valence-electron chi connectivity index (χ1n) is 5.25. The van der Waals surface area contributed by atoms with E-state index in [4.69, 9.17) is 0 Å². The zero-order chi connectivity index (χ0) is 8.81. The maximum Gasteiger partial charge on any atom is 0.00103 e. The fourth-order valence-corrected chi connectivity index (χ4v) is 1.70. The van der Waals surface area contributed by atoms with Crippen molar-refractivity contribution in [3.05, 3.63) is 0 Å². The lowest BCUT2D eigenvalue weighted by molar-refractivity contribution is 0.329. The molecule has 0 bridgehead atoms. The molecule has 1 saturated heterocycles. The highest BCUT2D eigenvalue weighted by atomic mass is 15.1. The number of nitrogens with zero attached hydrogens (tertiary/aromatic N) is 1. The molecule has 0 radical (unpaired) electrons. The van der Waals surface area contributed by atoms with Gasteiger partial charge >= 0.3 is 0 Å². The molecule has 1 fully saturated rings. The van der Waals surface area contributed by atoms with E-state index in [0.717, 1.165) is 0 Å². The van der Waals surface area contributed by atoms with E-state index in [9.17, 15) is 0 Å². The van der Waals surface area contributed by atoms with E-state index in [-0.39, 0.29) is 0 Å². The van der Waals surface area contributed by atoms with Gasteiger partial charge in [-0.3, -0.25) is 0 Å². The molecule has 0 amide bonds. The summed E-state index contributed by atoms with van der Waals surface area (Å²) in [5.41, 5.74) is 0. The Hall–Kier alpha value is -0.0800. The summed E-state index contributed by atoms with van der Waals surface area (Å²) in [7, 11) is 0. The van der Waals surface area contributed by atoms with Crippen molar-refractivity contribution < 1.29 is 0 Å². The lowest BCUT2D eigenvalue weighted by Crippen LogP contribution is -2.28. The van der Waals surface area contributed by atoms with Crippen LogP contribution >= 0.6 is 0 Å². The van der Waals surface area contributed by atoms with Crippen molar-refractivity contribution in [1.82, 2.24) is 10.2 Å². The molecule has 72 valence electrons. The van der Waals surface area contributed by atoms with Gasteiger partial charge in [-0.1, -0.05) is 13.8 Å². The van der Waals surface area contributed by atoms with Crippen LogP contribution in [0.5, 0.6) is 0 Å². The summed E-state index contributed by atoms with van der Waals surface area (Å²) >= 11 is 0. The van der Waals surface area contributed by atoms with E-state index >= 15 is 0 Å². The van der Waals surface area contributed by atoms with Crippen LogP contribution in [-0.2, 0) is 0 Å². The van der Waals surface area contributed by atoms with Gasteiger partial charge in [0.1, 0.15) is 0 Å². The fourth-order valence-electron chi connectivity index (χ4n) is 1.70. The van der Waals surface area contributed by atoms with Crippen molar-refractivity contribution >= 4 is 0 Å². The molecule has 0 atom stereocenters. The first kappa shape index (κ1) is 10.0. The van der Waals surface area contributed by atoms with Crippen LogP contribution in [0.15, 0.2) is 0 Å². The normalized spacial score (nSPS) is 19.2. The average molecular weight is 170 g/mol. The summed E-state index contributed by atoms with van der Waals surface area (Å²) in [6.45, 7) is 9.54. The second-order valence-electron chi connectivity index (χ2n) is 4.01. The highest BCUT2D eigenvalue weighted by Crippen LogP contribution is 2.06. The molecular weight excluding hydrogens is 148 g/mol. The number of hydrogen-bond donors (Lipinski definition) is 1. The average Bonchev–Trinajstić information content (AvgIpc) is 2.49. The van der Waals surface area contributed by atoms with Crippen LogP contribution in [0.1, 0.15) is 33.1 Å². The standard InChI is InChI=1S/C10H22N2/c1-10(2)11-6-5-9-12-7-3-4-8-12/h10-11H,3-9H2,1-2H3. The van der Waals surface area contributed by atoms with Crippen molar-refractivity contribution in [2.24, 2.45) is 0 Å². The molecule has 12 heavy (non-hydrogen) atoms. The van der Waals surface area contributed by atoms with Gasteiger partial charge in [-0.25, -0.2) is 0 Å².